The lowest BCUT2D eigenvalue weighted by molar-refractivity contribution is 0.560. The standard InChI is InChI=1S/C15H14F2N4S/c1-9-14(13-6-7-21(2)20-13)22-15(19-9)18-8-10-11(16)4-3-5-12(10)17/h3-7H,8H2,1-2H3,(H,18,19). The Morgan fingerprint density at radius 2 is 1.95 bits per heavy atom. The zero-order valence-electron chi connectivity index (χ0n) is 12.1. The minimum atomic E-state index is -0.564. The monoisotopic (exact) mass is 320 g/mol. The van der Waals surface area contributed by atoms with E-state index in [1.165, 1.54) is 29.5 Å². The summed E-state index contributed by atoms with van der Waals surface area (Å²) in [6.45, 7) is 1.93. The third-order valence-electron chi connectivity index (χ3n) is 3.22. The van der Waals surface area contributed by atoms with Gasteiger partial charge in [-0.05, 0) is 25.1 Å². The predicted octanol–water partition coefficient (Wildman–Crippen LogP) is 3.74. The Labute approximate surface area is 130 Å². The van der Waals surface area contributed by atoms with Crippen LogP contribution in [-0.2, 0) is 13.6 Å². The second kappa shape index (κ2) is 5.84. The highest BCUT2D eigenvalue weighted by Crippen LogP contribution is 2.31. The molecule has 3 rings (SSSR count). The molecule has 0 fully saturated rings. The highest BCUT2D eigenvalue weighted by molar-refractivity contribution is 7.19. The Balaban J connectivity index is 1.80. The van der Waals surface area contributed by atoms with Crippen molar-refractivity contribution in [2.75, 3.05) is 5.32 Å². The lowest BCUT2D eigenvalue weighted by atomic mass is 10.2. The van der Waals surface area contributed by atoms with Crippen molar-refractivity contribution in [1.82, 2.24) is 14.8 Å². The summed E-state index contributed by atoms with van der Waals surface area (Å²) in [6, 6.07) is 5.74. The van der Waals surface area contributed by atoms with Crippen molar-refractivity contribution in [3.63, 3.8) is 0 Å². The summed E-state index contributed by atoms with van der Waals surface area (Å²) in [7, 11) is 1.85. The van der Waals surface area contributed by atoms with E-state index in [0.29, 0.717) is 5.13 Å². The lowest BCUT2D eigenvalue weighted by Crippen LogP contribution is -2.04. The first kappa shape index (κ1) is 14.6. The molecular formula is C15H14F2N4S. The molecule has 0 saturated carbocycles. The van der Waals surface area contributed by atoms with E-state index in [1.54, 1.807) is 4.68 Å². The van der Waals surface area contributed by atoms with E-state index < -0.39 is 11.6 Å². The average Bonchev–Trinajstić information content (AvgIpc) is 3.04. The number of nitrogens with one attached hydrogen (secondary N) is 1. The first-order valence-electron chi connectivity index (χ1n) is 6.69. The van der Waals surface area contributed by atoms with Gasteiger partial charge in [0.25, 0.3) is 0 Å². The highest BCUT2D eigenvalue weighted by atomic mass is 32.1. The SMILES string of the molecule is Cc1nc(NCc2c(F)cccc2F)sc1-c1ccn(C)n1. The van der Waals surface area contributed by atoms with Crippen molar-refractivity contribution >= 4 is 16.5 Å². The molecule has 0 aliphatic heterocycles. The maximum absolute atomic E-state index is 13.6. The average molecular weight is 320 g/mol. The predicted molar refractivity (Wildman–Crippen MR) is 82.7 cm³/mol. The summed E-state index contributed by atoms with van der Waals surface area (Å²) in [5.74, 6) is -1.13. The van der Waals surface area contributed by atoms with Crippen molar-refractivity contribution in [3.8, 4) is 10.6 Å². The minimum Gasteiger partial charge on any atom is -0.357 e. The molecule has 114 valence electrons. The second-order valence-corrected chi connectivity index (χ2v) is 5.86. The van der Waals surface area contributed by atoms with E-state index in [9.17, 15) is 8.78 Å². The molecule has 1 aromatic carbocycles. The number of aryl methyl sites for hydroxylation is 2. The van der Waals surface area contributed by atoms with Crippen LogP contribution in [0.25, 0.3) is 10.6 Å². The second-order valence-electron chi connectivity index (χ2n) is 4.86. The number of hydrogen-bond donors (Lipinski definition) is 1. The van der Waals surface area contributed by atoms with Gasteiger partial charge in [-0.2, -0.15) is 5.10 Å². The van der Waals surface area contributed by atoms with Gasteiger partial charge in [0.2, 0.25) is 0 Å². The molecule has 0 radical (unpaired) electrons. The first-order chi connectivity index (χ1) is 10.5. The molecule has 1 N–H and O–H groups in total. The third-order valence-corrected chi connectivity index (χ3v) is 4.36. The summed E-state index contributed by atoms with van der Waals surface area (Å²) in [6.07, 6.45) is 1.86. The van der Waals surface area contributed by atoms with Gasteiger partial charge in [-0.25, -0.2) is 13.8 Å². The van der Waals surface area contributed by atoms with Crippen molar-refractivity contribution in [2.24, 2.45) is 7.05 Å². The van der Waals surface area contributed by atoms with E-state index >= 15 is 0 Å². The number of thiazole rings is 1. The highest BCUT2D eigenvalue weighted by Gasteiger charge is 2.13. The van der Waals surface area contributed by atoms with Crippen LogP contribution < -0.4 is 5.32 Å². The van der Waals surface area contributed by atoms with Gasteiger partial charge in [0.1, 0.15) is 17.3 Å². The lowest BCUT2D eigenvalue weighted by Gasteiger charge is -2.05. The molecule has 2 heterocycles. The van der Waals surface area contributed by atoms with Crippen LogP contribution in [0.5, 0.6) is 0 Å². The summed E-state index contributed by atoms with van der Waals surface area (Å²) in [5, 5.41) is 7.93. The fourth-order valence-corrected chi connectivity index (χ4v) is 3.04. The third kappa shape index (κ3) is 2.85. The fraction of sp³-hybridized carbons (Fsp3) is 0.200. The number of rotatable bonds is 4. The van der Waals surface area contributed by atoms with Gasteiger partial charge >= 0.3 is 0 Å². The maximum atomic E-state index is 13.6. The molecule has 2 aromatic heterocycles. The number of hydrogen-bond acceptors (Lipinski definition) is 4. The molecule has 0 aliphatic carbocycles. The number of halogens is 2. The van der Waals surface area contributed by atoms with Gasteiger partial charge in [-0.15, -0.1) is 0 Å². The number of nitrogens with zero attached hydrogens (tertiary/aromatic N) is 3. The van der Waals surface area contributed by atoms with Crippen LogP contribution in [0.15, 0.2) is 30.5 Å². The molecule has 0 aliphatic rings. The van der Waals surface area contributed by atoms with Crippen molar-refractivity contribution in [2.45, 2.75) is 13.5 Å². The minimum absolute atomic E-state index is 0.00902. The molecule has 3 aromatic rings. The molecule has 4 nitrogen and oxygen atoms in total. The molecule has 7 heteroatoms. The quantitative estimate of drug-likeness (QED) is 0.796. The van der Waals surface area contributed by atoms with Crippen molar-refractivity contribution in [1.29, 1.82) is 0 Å². The van der Waals surface area contributed by atoms with Crippen LogP contribution in [0, 0.1) is 18.6 Å². The smallest absolute Gasteiger partial charge is 0.183 e. The van der Waals surface area contributed by atoms with Crippen LogP contribution in [0.2, 0.25) is 0 Å². The number of benzene rings is 1. The molecule has 0 spiro atoms. The topological polar surface area (TPSA) is 42.7 Å². The summed E-state index contributed by atoms with van der Waals surface area (Å²) in [5.41, 5.74) is 1.68. The molecule has 0 atom stereocenters. The number of anilines is 1. The van der Waals surface area contributed by atoms with E-state index in [1.807, 2.05) is 26.2 Å². The van der Waals surface area contributed by atoms with Gasteiger partial charge < -0.3 is 5.32 Å². The van der Waals surface area contributed by atoms with Crippen LogP contribution in [0.3, 0.4) is 0 Å². The van der Waals surface area contributed by atoms with E-state index in [-0.39, 0.29) is 12.1 Å². The summed E-state index contributed by atoms with van der Waals surface area (Å²) < 4.78 is 28.9. The Kier molecular flexibility index (Phi) is 3.89. The Bertz CT molecular complexity index is 789. The molecular weight excluding hydrogens is 306 g/mol. The Morgan fingerprint density at radius 3 is 2.59 bits per heavy atom. The largest absolute Gasteiger partial charge is 0.357 e. The van der Waals surface area contributed by atoms with E-state index in [4.69, 9.17) is 0 Å². The van der Waals surface area contributed by atoms with Crippen LogP contribution in [-0.4, -0.2) is 14.8 Å². The van der Waals surface area contributed by atoms with Crippen LogP contribution in [0.1, 0.15) is 11.3 Å². The first-order valence-corrected chi connectivity index (χ1v) is 7.50. The van der Waals surface area contributed by atoms with E-state index in [2.05, 4.69) is 15.4 Å². The van der Waals surface area contributed by atoms with Crippen LogP contribution >= 0.6 is 11.3 Å². The van der Waals surface area contributed by atoms with Gasteiger partial charge in [-0.1, -0.05) is 17.4 Å². The zero-order valence-corrected chi connectivity index (χ0v) is 12.9. The van der Waals surface area contributed by atoms with Crippen molar-refractivity contribution in [3.05, 3.63) is 53.4 Å². The molecule has 0 bridgehead atoms. The molecule has 22 heavy (non-hydrogen) atoms. The number of aromatic nitrogens is 3. The summed E-state index contributed by atoms with van der Waals surface area (Å²) in [4.78, 5) is 5.33. The molecule has 0 unspecified atom stereocenters. The van der Waals surface area contributed by atoms with Gasteiger partial charge in [0.15, 0.2) is 5.13 Å². The van der Waals surface area contributed by atoms with Gasteiger partial charge in [0, 0.05) is 25.4 Å². The molecule has 0 saturated heterocycles. The van der Waals surface area contributed by atoms with Gasteiger partial charge in [0.05, 0.1) is 10.6 Å². The van der Waals surface area contributed by atoms with Gasteiger partial charge in [-0.3, -0.25) is 4.68 Å². The van der Waals surface area contributed by atoms with Crippen molar-refractivity contribution < 1.29 is 8.78 Å². The Hall–Kier alpha value is -2.28. The normalized spacial score (nSPS) is 10.9. The zero-order chi connectivity index (χ0) is 15.7. The Morgan fingerprint density at radius 1 is 1.23 bits per heavy atom. The molecule has 0 amide bonds. The van der Waals surface area contributed by atoms with Crippen LogP contribution in [0.4, 0.5) is 13.9 Å². The summed E-state index contributed by atoms with van der Waals surface area (Å²) >= 11 is 1.41. The maximum Gasteiger partial charge on any atom is 0.183 e. The fourth-order valence-electron chi connectivity index (χ4n) is 2.11. The van der Waals surface area contributed by atoms with E-state index in [0.717, 1.165) is 16.3 Å².